The van der Waals surface area contributed by atoms with E-state index in [-0.39, 0.29) is 25.0 Å². The van der Waals surface area contributed by atoms with Gasteiger partial charge in [-0.05, 0) is 11.6 Å². The van der Waals surface area contributed by atoms with E-state index in [2.05, 4.69) is 0 Å². The Morgan fingerprint density at radius 1 is 1.33 bits per heavy atom. The molecular weight excluding hydrogens is 312 g/mol. The van der Waals surface area contributed by atoms with E-state index < -0.39 is 11.5 Å². The van der Waals surface area contributed by atoms with Crippen molar-refractivity contribution < 1.29 is 24.2 Å². The molecule has 0 aromatic heterocycles. The van der Waals surface area contributed by atoms with Crippen LogP contribution in [-0.4, -0.2) is 72.9 Å². The van der Waals surface area contributed by atoms with Gasteiger partial charge in [-0.15, -0.1) is 0 Å². The number of aliphatic hydroxyl groups excluding tert-OH is 1. The summed E-state index contributed by atoms with van der Waals surface area (Å²) in [5.74, 6) is 0.750. The first-order valence-corrected chi connectivity index (χ1v) is 8.15. The van der Waals surface area contributed by atoms with Crippen LogP contribution in [0.3, 0.4) is 0 Å². The Kier molecular flexibility index (Phi) is 3.60. The molecule has 2 atom stereocenters. The number of amides is 2. The summed E-state index contributed by atoms with van der Waals surface area (Å²) in [5.41, 5.74) is 0.559. The Labute approximate surface area is 139 Å². The first-order chi connectivity index (χ1) is 11.6. The number of likely N-dealkylation sites (tertiary alicyclic amines) is 1. The van der Waals surface area contributed by atoms with E-state index in [4.69, 9.17) is 9.47 Å². The monoisotopic (exact) mass is 332 g/mol. The fraction of sp³-hybridized carbons (Fsp3) is 0.529. The van der Waals surface area contributed by atoms with Crippen LogP contribution < -0.4 is 4.74 Å². The quantitative estimate of drug-likeness (QED) is 0.869. The van der Waals surface area contributed by atoms with E-state index in [1.807, 2.05) is 24.3 Å². The van der Waals surface area contributed by atoms with Gasteiger partial charge in [-0.2, -0.15) is 0 Å². The van der Waals surface area contributed by atoms with Gasteiger partial charge in [0.05, 0.1) is 25.2 Å². The highest BCUT2D eigenvalue weighted by Crippen LogP contribution is 2.49. The molecule has 2 fully saturated rings. The first-order valence-electron chi connectivity index (χ1n) is 8.15. The van der Waals surface area contributed by atoms with Crippen LogP contribution in [0.2, 0.25) is 0 Å². The number of ether oxygens (including phenoxy) is 2. The molecule has 3 heterocycles. The summed E-state index contributed by atoms with van der Waals surface area (Å²) in [6.07, 6.45) is -0.439. The number of nitrogens with zero attached hydrogens (tertiary/aromatic N) is 2. The lowest BCUT2D eigenvalue weighted by Gasteiger charge is -2.37. The van der Waals surface area contributed by atoms with E-state index in [0.29, 0.717) is 32.8 Å². The second-order valence-electron chi connectivity index (χ2n) is 6.71. The molecule has 7 nitrogen and oxygen atoms in total. The highest BCUT2D eigenvalue weighted by molar-refractivity contribution is 5.83. The van der Waals surface area contributed by atoms with E-state index >= 15 is 0 Å². The summed E-state index contributed by atoms with van der Waals surface area (Å²) in [7, 11) is 0. The van der Waals surface area contributed by atoms with Gasteiger partial charge in [0.25, 0.3) is 0 Å². The van der Waals surface area contributed by atoms with Gasteiger partial charge in [0.1, 0.15) is 18.9 Å². The zero-order chi connectivity index (χ0) is 16.7. The van der Waals surface area contributed by atoms with Gasteiger partial charge >= 0.3 is 6.09 Å². The van der Waals surface area contributed by atoms with Crippen LogP contribution in [0.15, 0.2) is 24.3 Å². The third-order valence-corrected chi connectivity index (χ3v) is 5.30. The molecule has 3 aliphatic heterocycles. The lowest BCUT2D eigenvalue weighted by molar-refractivity contribution is -0.131. The summed E-state index contributed by atoms with van der Waals surface area (Å²) in [4.78, 5) is 27.3. The fourth-order valence-electron chi connectivity index (χ4n) is 3.89. The summed E-state index contributed by atoms with van der Waals surface area (Å²) >= 11 is 0. The van der Waals surface area contributed by atoms with E-state index in [1.165, 1.54) is 4.90 Å². The van der Waals surface area contributed by atoms with Gasteiger partial charge in [0.2, 0.25) is 5.91 Å². The van der Waals surface area contributed by atoms with E-state index in [9.17, 15) is 14.7 Å². The highest BCUT2D eigenvalue weighted by Gasteiger charge is 2.52. The summed E-state index contributed by atoms with van der Waals surface area (Å²) in [6.45, 7) is 2.11. The van der Waals surface area contributed by atoms with Gasteiger partial charge in [-0.25, -0.2) is 4.79 Å². The minimum Gasteiger partial charge on any atom is -0.493 e. The first kappa shape index (κ1) is 15.3. The van der Waals surface area contributed by atoms with Crippen molar-refractivity contribution in [3.8, 4) is 5.75 Å². The molecule has 4 rings (SSSR count). The van der Waals surface area contributed by atoms with Crippen molar-refractivity contribution in [3.63, 3.8) is 0 Å². The molecule has 3 aliphatic rings. The zero-order valence-corrected chi connectivity index (χ0v) is 13.3. The standard InChI is InChI=1S/C17H20N2O5/c20-10-17-9-19(15(21)8-18-5-6-23-16(18)22)7-13(17)12-3-1-2-4-14(12)24-11-17/h1-4,13,20H,5-11H2/t13-,17-/m0/s1. The third-order valence-electron chi connectivity index (χ3n) is 5.30. The Hall–Kier alpha value is -2.28. The molecule has 1 aromatic rings. The zero-order valence-electron chi connectivity index (χ0n) is 13.3. The highest BCUT2D eigenvalue weighted by atomic mass is 16.6. The van der Waals surface area contributed by atoms with Crippen molar-refractivity contribution in [3.05, 3.63) is 29.8 Å². The number of carbonyl (C=O) groups excluding carboxylic acids is 2. The average Bonchev–Trinajstić information content (AvgIpc) is 3.19. The number of hydrogen-bond acceptors (Lipinski definition) is 5. The molecule has 1 N–H and O–H groups in total. The third kappa shape index (κ3) is 2.31. The molecule has 0 bridgehead atoms. The predicted molar refractivity (Wildman–Crippen MR) is 83.7 cm³/mol. The van der Waals surface area contributed by atoms with Gasteiger partial charge < -0.3 is 19.5 Å². The van der Waals surface area contributed by atoms with Crippen molar-refractivity contribution >= 4 is 12.0 Å². The Balaban J connectivity index is 1.54. The molecule has 0 aliphatic carbocycles. The number of aliphatic hydroxyl groups is 1. The Morgan fingerprint density at radius 3 is 2.92 bits per heavy atom. The van der Waals surface area contributed by atoms with Crippen LogP contribution in [0.1, 0.15) is 11.5 Å². The maximum Gasteiger partial charge on any atom is 0.410 e. The van der Waals surface area contributed by atoms with Gasteiger partial charge in [0.15, 0.2) is 0 Å². The normalized spacial score (nSPS) is 28.2. The van der Waals surface area contributed by atoms with Crippen LogP contribution >= 0.6 is 0 Å². The van der Waals surface area contributed by atoms with Crippen molar-refractivity contribution in [1.82, 2.24) is 9.80 Å². The number of rotatable bonds is 3. The lowest BCUT2D eigenvalue weighted by atomic mass is 9.74. The van der Waals surface area contributed by atoms with Crippen molar-refractivity contribution in [1.29, 1.82) is 0 Å². The van der Waals surface area contributed by atoms with Crippen LogP contribution in [0.25, 0.3) is 0 Å². The van der Waals surface area contributed by atoms with Crippen LogP contribution in [0.5, 0.6) is 5.75 Å². The molecule has 128 valence electrons. The van der Waals surface area contributed by atoms with Gasteiger partial charge in [0, 0.05) is 19.0 Å². The Bertz CT molecular complexity index is 679. The number of fused-ring (bicyclic) bond motifs is 3. The molecule has 0 saturated carbocycles. The molecule has 2 saturated heterocycles. The predicted octanol–water partition coefficient (Wildman–Crippen LogP) is 0.436. The topological polar surface area (TPSA) is 79.3 Å². The van der Waals surface area contributed by atoms with Crippen molar-refractivity contribution in [2.75, 3.05) is 46.0 Å². The van der Waals surface area contributed by atoms with Crippen LogP contribution in [-0.2, 0) is 9.53 Å². The number of para-hydroxylation sites is 1. The molecule has 1 aromatic carbocycles. The summed E-state index contributed by atoms with van der Waals surface area (Å²) in [5, 5.41) is 10.0. The minimum atomic E-state index is -0.477. The maximum atomic E-state index is 12.6. The number of cyclic esters (lactones) is 1. The average molecular weight is 332 g/mol. The number of carbonyl (C=O) groups is 2. The van der Waals surface area contributed by atoms with Gasteiger partial charge in [-0.1, -0.05) is 18.2 Å². The molecule has 0 radical (unpaired) electrons. The number of benzene rings is 1. The van der Waals surface area contributed by atoms with Crippen LogP contribution in [0, 0.1) is 5.41 Å². The molecule has 2 amide bonds. The summed E-state index contributed by atoms with van der Waals surface area (Å²) < 4.78 is 10.7. The second-order valence-corrected chi connectivity index (χ2v) is 6.71. The molecule has 0 unspecified atom stereocenters. The summed E-state index contributed by atoms with van der Waals surface area (Å²) in [6, 6.07) is 7.78. The SMILES string of the molecule is O=C(CN1CCOC1=O)N1C[C@H]2c3ccccc3OC[C@@]2(CO)C1. The molecule has 24 heavy (non-hydrogen) atoms. The van der Waals surface area contributed by atoms with Crippen molar-refractivity contribution in [2.45, 2.75) is 5.92 Å². The fourth-order valence-corrected chi connectivity index (χ4v) is 3.89. The Morgan fingerprint density at radius 2 is 2.17 bits per heavy atom. The molecular formula is C17H20N2O5. The maximum absolute atomic E-state index is 12.6. The minimum absolute atomic E-state index is 0.0234. The van der Waals surface area contributed by atoms with Crippen LogP contribution in [0.4, 0.5) is 4.79 Å². The van der Waals surface area contributed by atoms with Crippen molar-refractivity contribution in [2.24, 2.45) is 5.41 Å². The molecule has 0 spiro atoms. The molecule has 7 heteroatoms. The second kappa shape index (κ2) is 5.66. The largest absolute Gasteiger partial charge is 0.493 e. The van der Waals surface area contributed by atoms with E-state index in [1.54, 1.807) is 4.90 Å². The number of hydrogen-bond donors (Lipinski definition) is 1. The van der Waals surface area contributed by atoms with E-state index in [0.717, 1.165) is 11.3 Å². The lowest BCUT2D eigenvalue weighted by Crippen LogP contribution is -2.44. The van der Waals surface area contributed by atoms with Gasteiger partial charge in [-0.3, -0.25) is 9.69 Å². The smallest absolute Gasteiger partial charge is 0.410 e.